The van der Waals surface area contributed by atoms with Gasteiger partial charge in [-0.25, -0.2) is 9.55 Å². The fourth-order valence-corrected chi connectivity index (χ4v) is 5.81. The number of nitrogens with zero attached hydrogens (tertiary/aromatic N) is 3. The van der Waals surface area contributed by atoms with Crippen molar-refractivity contribution in [2.24, 2.45) is 13.0 Å². The van der Waals surface area contributed by atoms with Gasteiger partial charge in [-0.15, -0.1) is 0 Å². The van der Waals surface area contributed by atoms with Crippen LogP contribution in [0.4, 0.5) is 0 Å². The van der Waals surface area contributed by atoms with E-state index < -0.39 is 0 Å². The van der Waals surface area contributed by atoms with Crippen LogP contribution in [0.15, 0.2) is 59.5 Å². The third-order valence-corrected chi connectivity index (χ3v) is 7.63. The number of likely N-dealkylation sites (tertiary alicyclic amines) is 1. The summed E-state index contributed by atoms with van der Waals surface area (Å²) in [6.07, 6.45) is 10.1. The lowest BCUT2D eigenvalue weighted by atomic mass is 9.76. The van der Waals surface area contributed by atoms with Gasteiger partial charge in [-0.2, -0.15) is 0 Å². The first-order chi connectivity index (χ1) is 16.0. The van der Waals surface area contributed by atoms with Crippen LogP contribution in [0.3, 0.4) is 0 Å². The second-order valence-corrected chi connectivity index (χ2v) is 10.4. The van der Waals surface area contributed by atoms with Gasteiger partial charge in [0.1, 0.15) is 17.6 Å². The average Bonchev–Trinajstić information content (AvgIpc) is 2.98. The SMILES string of the molecule is C[n+]1ccc(CC(=O)N2CCC([C+]3c4ncc(Br)cc4CCc4cccc(Cl)c43)CC2)cc1. The van der Waals surface area contributed by atoms with E-state index in [-0.39, 0.29) is 5.91 Å². The van der Waals surface area contributed by atoms with Crippen LogP contribution in [0.5, 0.6) is 0 Å². The number of carbonyl (C=O) groups excluding carboxylic acids is 1. The number of piperidine rings is 1. The zero-order valence-electron chi connectivity index (χ0n) is 18.7. The normalized spacial score (nSPS) is 16.2. The molecule has 1 aliphatic heterocycles. The first-order valence-corrected chi connectivity index (χ1v) is 12.7. The number of hydrogen-bond donors (Lipinski definition) is 0. The van der Waals surface area contributed by atoms with E-state index in [1.807, 2.05) is 59.4 Å². The minimum Gasteiger partial charge on any atom is -0.342 e. The Labute approximate surface area is 208 Å². The van der Waals surface area contributed by atoms with E-state index in [1.54, 1.807) is 0 Å². The highest BCUT2D eigenvalue weighted by Gasteiger charge is 2.41. The molecule has 6 heteroatoms. The highest BCUT2D eigenvalue weighted by atomic mass is 79.9. The minimum absolute atomic E-state index is 0.203. The van der Waals surface area contributed by atoms with Crippen molar-refractivity contribution in [3.05, 3.63) is 98.3 Å². The molecule has 168 valence electrons. The quantitative estimate of drug-likeness (QED) is 0.362. The van der Waals surface area contributed by atoms with Gasteiger partial charge in [0.25, 0.3) is 0 Å². The first kappa shape index (κ1) is 22.4. The molecule has 0 bridgehead atoms. The summed E-state index contributed by atoms with van der Waals surface area (Å²) in [4.78, 5) is 19.8. The summed E-state index contributed by atoms with van der Waals surface area (Å²) in [5.41, 5.74) is 5.86. The summed E-state index contributed by atoms with van der Waals surface area (Å²) in [7, 11) is 1.98. The molecule has 1 aromatic carbocycles. The second-order valence-electron chi connectivity index (χ2n) is 9.05. The Kier molecular flexibility index (Phi) is 6.44. The summed E-state index contributed by atoms with van der Waals surface area (Å²) in [5.74, 6) is 1.79. The molecule has 1 fully saturated rings. The molecule has 0 unspecified atom stereocenters. The summed E-state index contributed by atoms with van der Waals surface area (Å²) in [6.45, 7) is 1.53. The maximum absolute atomic E-state index is 13.0. The molecule has 3 aromatic rings. The van der Waals surface area contributed by atoms with Crippen molar-refractivity contribution in [3.8, 4) is 0 Å². The van der Waals surface area contributed by atoms with Crippen LogP contribution in [0.25, 0.3) is 0 Å². The smallest absolute Gasteiger partial charge is 0.226 e. The number of rotatable bonds is 3. The van der Waals surface area contributed by atoms with E-state index in [0.717, 1.165) is 65.1 Å². The topological polar surface area (TPSA) is 37.1 Å². The molecule has 2 aromatic heterocycles. The molecule has 1 aliphatic carbocycles. The number of aromatic nitrogens is 2. The standard InChI is InChI=1S/C27H27BrClN3O/c1-31-11-7-18(8-12-31)15-24(33)32-13-9-20(10-14-32)26-25-19(3-2-4-23(25)29)5-6-21-16-22(28)17-30-27(21)26/h2-4,7-8,11-12,16-17,20H,5-6,9-10,13-15H2,1H3/q+2. The number of hydrogen-bond acceptors (Lipinski definition) is 2. The zero-order valence-corrected chi connectivity index (χ0v) is 21.1. The van der Waals surface area contributed by atoms with Gasteiger partial charge in [-0.3, -0.25) is 4.79 Å². The Balaban J connectivity index is 1.38. The number of aryl methyl sites for hydroxylation is 3. The molecule has 0 N–H and O–H groups in total. The molecular formula is C27H27BrClN3O+2. The lowest BCUT2D eigenvalue weighted by Crippen LogP contribution is -2.41. The van der Waals surface area contributed by atoms with Gasteiger partial charge < -0.3 is 4.90 Å². The van der Waals surface area contributed by atoms with Crippen LogP contribution < -0.4 is 4.57 Å². The monoisotopic (exact) mass is 523 g/mol. The lowest BCUT2D eigenvalue weighted by molar-refractivity contribution is -0.671. The third-order valence-electron chi connectivity index (χ3n) is 6.88. The van der Waals surface area contributed by atoms with Crippen molar-refractivity contribution < 1.29 is 9.36 Å². The summed E-state index contributed by atoms with van der Waals surface area (Å²) in [6, 6.07) is 12.5. The molecule has 1 amide bonds. The van der Waals surface area contributed by atoms with Gasteiger partial charge in [0.2, 0.25) is 5.91 Å². The Hall–Kier alpha value is -2.37. The van der Waals surface area contributed by atoms with Gasteiger partial charge >= 0.3 is 0 Å². The van der Waals surface area contributed by atoms with E-state index in [4.69, 9.17) is 16.6 Å². The first-order valence-electron chi connectivity index (χ1n) is 11.5. The van der Waals surface area contributed by atoms with Crippen molar-refractivity contribution in [1.29, 1.82) is 0 Å². The fourth-order valence-electron chi connectivity index (χ4n) is 5.13. The maximum Gasteiger partial charge on any atom is 0.226 e. The van der Waals surface area contributed by atoms with Crippen LogP contribution in [0.2, 0.25) is 5.02 Å². The molecule has 0 saturated carbocycles. The highest BCUT2D eigenvalue weighted by Crippen LogP contribution is 2.44. The van der Waals surface area contributed by atoms with Gasteiger partial charge in [0.05, 0.1) is 12.3 Å². The molecule has 1 saturated heterocycles. The number of fused-ring (bicyclic) bond motifs is 2. The van der Waals surface area contributed by atoms with E-state index in [1.165, 1.54) is 17.0 Å². The van der Waals surface area contributed by atoms with E-state index >= 15 is 0 Å². The molecule has 4 nitrogen and oxygen atoms in total. The number of benzene rings is 1. The van der Waals surface area contributed by atoms with E-state index in [2.05, 4.69) is 28.1 Å². The van der Waals surface area contributed by atoms with Crippen LogP contribution in [0, 0.1) is 11.8 Å². The Morgan fingerprint density at radius 2 is 1.91 bits per heavy atom. The van der Waals surface area contributed by atoms with Crippen LogP contribution in [-0.4, -0.2) is 28.9 Å². The predicted octanol–water partition coefficient (Wildman–Crippen LogP) is 4.87. The van der Waals surface area contributed by atoms with Crippen molar-refractivity contribution in [3.63, 3.8) is 0 Å². The van der Waals surface area contributed by atoms with Crippen LogP contribution >= 0.6 is 27.5 Å². The lowest BCUT2D eigenvalue weighted by Gasteiger charge is -2.34. The van der Waals surface area contributed by atoms with Crippen LogP contribution in [0.1, 0.15) is 40.8 Å². The molecule has 2 aliphatic rings. The Morgan fingerprint density at radius 3 is 2.67 bits per heavy atom. The fraction of sp³-hybridized carbons (Fsp3) is 0.333. The van der Waals surface area contributed by atoms with Gasteiger partial charge in [0.15, 0.2) is 18.1 Å². The highest BCUT2D eigenvalue weighted by molar-refractivity contribution is 9.10. The largest absolute Gasteiger partial charge is 0.342 e. The number of pyridine rings is 2. The Morgan fingerprint density at radius 1 is 1.18 bits per heavy atom. The molecule has 0 atom stereocenters. The Bertz CT molecular complexity index is 1170. The van der Waals surface area contributed by atoms with E-state index in [0.29, 0.717) is 12.3 Å². The predicted molar refractivity (Wildman–Crippen MR) is 133 cm³/mol. The summed E-state index contributed by atoms with van der Waals surface area (Å²) < 4.78 is 2.99. The van der Waals surface area contributed by atoms with Crippen molar-refractivity contribution in [2.45, 2.75) is 32.1 Å². The molecule has 33 heavy (non-hydrogen) atoms. The maximum atomic E-state index is 13.0. The average molecular weight is 525 g/mol. The van der Waals surface area contributed by atoms with Gasteiger partial charge in [-0.05, 0) is 58.1 Å². The van der Waals surface area contributed by atoms with Gasteiger partial charge in [-0.1, -0.05) is 0 Å². The zero-order chi connectivity index (χ0) is 22.9. The molecule has 5 rings (SSSR count). The second kappa shape index (κ2) is 9.47. The summed E-state index contributed by atoms with van der Waals surface area (Å²) in [5, 5.41) is 0.802. The third kappa shape index (κ3) is 4.67. The van der Waals surface area contributed by atoms with Gasteiger partial charge in [0, 0.05) is 77.9 Å². The van der Waals surface area contributed by atoms with Crippen LogP contribution in [-0.2, 0) is 31.1 Å². The van der Waals surface area contributed by atoms with Crippen molar-refractivity contribution in [2.75, 3.05) is 13.1 Å². The minimum atomic E-state index is 0.203. The molecule has 0 radical (unpaired) electrons. The van der Waals surface area contributed by atoms with E-state index in [9.17, 15) is 4.79 Å². The number of halogens is 2. The summed E-state index contributed by atoms with van der Waals surface area (Å²) >= 11 is 10.4. The van der Waals surface area contributed by atoms with Crippen molar-refractivity contribution in [1.82, 2.24) is 9.88 Å². The van der Waals surface area contributed by atoms with Crippen molar-refractivity contribution >= 4 is 33.4 Å². The molecular weight excluding hydrogens is 498 g/mol. The number of amides is 1. The molecule has 3 heterocycles. The molecule has 0 spiro atoms. The number of carbonyl (C=O) groups is 1.